The predicted octanol–water partition coefficient (Wildman–Crippen LogP) is 6.47. The van der Waals surface area contributed by atoms with Crippen molar-refractivity contribution in [3.8, 4) is 11.5 Å². The van der Waals surface area contributed by atoms with Crippen LogP contribution in [0.25, 0.3) is 6.08 Å². The number of halogens is 1. The van der Waals surface area contributed by atoms with E-state index in [9.17, 15) is 4.79 Å². The van der Waals surface area contributed by atoms with Gasteiger partial charge in [0.2, 0.25) is 5.78 Å². The highest BCUT2D eigenvalue weighted by Crippen LogP contribution is 2.33. The number of hydrogen-bond acceptors (Lipinski definition) is 4. The van der Waals surface area contributed by atoms with Crippen molar-refractivity contribution in [2.45, 2.75) is 46.8 Å². The number of benzene rings is 2. The number of nitrogens with zero attached hydrogens (tertiary/aromatic N) is 2. The van der Waals surface area contributed by atoms with Gasteiger partial charge in [0.15, 0.2) is 0 Å². The third kappa shape index (κ3) is 5.40. The number of carbonyl (C=O) groups is 1. The van der Waals surface area contributed by atoms with Crippen LogP contribution >= 0.6 is 11.6 Å². The van der Waals surface area contributed by atoms with Gasteiger partial charge in [-0.05, 0) is 72.9 Å². The van der Waals surface area contributed by atoms with Crippen LogP contribution in [0, 0.1) is 6.92 Å². The van der Waals surface area contributed by atoms with Gasteiger partial charge in [-0.25, -0.2) is 0 Å². The van der Waals surface area contributed by atoms with Gasteiger partial charge >= 0.3 is 0 Å². The Bertz CT molecular complexity index is 1130. The molecule has 3 rings (SSSR count). The third-order valence-electron chi connectivity index (χ3n) is 5.30. The summed E-state index contributed by atoms with van der Waals surface area (Å²) in [6, 6.07) is 11.4. The van der Waals surface area contributed by atoms with E-state index in [2.05, 4.69) is 18.9 Å². The van der Waals surface area contributed by atoms with E-state index in [1.165, 1.54) is 0 Å². The van der Waals surface area contributed by atoms with Crippen LogP contribution in [0.3, 0.4) is 0 Å². The van der Waals surface area contributed by atoms with E-state index in [0.717, 1.165) is 38.8 Å². The fourth-order valence-corrected chi connectivity index (χ4v) is 3.64. The van der Waals surface area contributed by atoms with Crippen molar-refractivity contribution in [3.63, 3.8) is 0 Å². The van der Waals surface area contributed by atoms with Crippen molar-refractivity contribution in [1.82, 2.24) is 9.78 Å². The molecule has 0 aliphatic heterocycles. The number of ketones is 1. The standard InChI is InChI=1S/C26H29ClN2O3/c1-6-29-23(11-12-28-29)24(30)9-7-19-8-10-25(31-5)20(14-19)16-32-26-13-18(4)22(27)15-21(26)17(2)3/h7-15,17H,6,16H2,1-5H3/b9-7+. The summed E-state index contributed by atoms with van der Waals surface area (Å²) in [5.41, 5.74) is 4.38. The Hall–Kier alpha value is -3.05. The van der Waals surface area contributed by atoms with Crippen molar-refractivity contribution in [3.05, 3.63) is 81.6 Å². The topological polar surface area (TPSA) is 53.4 Å². The first-order chi connectivity index (χ1) is 15.3. The number of ether oxygens (including phenoxy) is 2. The summed E-state index contributed by atoms with van der Waals surface area (Å²) in [5, 5.41) is 4.89. The second kappa shape index (κ2) is 10.5. The van der Waals surface area contributed by atoms with Crippen molar-refractivity contribution >= 4 is 23.5 Å². The molecule has 0 aliphatic rings. The van der Waals surface area contributed by atoms with Gasteiger partial charge in [-0.2, -0.15) is 5.10 Å². The maximum Gasteiger partial charge on any atom is 0.203 e. The van der Waals surface area contributed by atoms with Crippen molar-refractivity contribution < 1.29 is 14.3 Å². The first-order valence-electron chi connectivity index (χ1n) is 10.7. The van der Waals surface area contributed by atoms with Crippen LogP contribution in [0.4, 0.5) is 0 Å². The molecule has 0 saturated carbocycles. The van der Waals surface area contributed by atoms with Gasteiger partial charge in [0.05, 0.1) is 7.11 Å². The lowest BCUT2D eigenvalue weighted by Gasteiger charge is -2.17. The molecule has 0 atom stereocenters. The molecular weight excluding hydrogens is 424 g/mol. The molecule has 0 unspecified atom stereocenters. The van der Waals surface area contributed by atoms with E-state index >= 15 is 0 Å². The van der Waals surface area contributed by atoms with E-state index in [1.807, 2.05) is 44.2 Å². The summed E-state index contributed by atoms with van der Waals surface area (Å²) in [7, 11) is 1.63. The number of methoxy groups -OCH3 is 1. The Morgan fingerprint density at radius 3 is 2.66 bits per heavy atom. The average Bonchev–Trinajstić information content (AvgIpc) is 3.27. The fraction of sp³-hybridized carbons (Fsp3) is 0.308. The Morgan fingerprint density at radius 2 is 1.97 bits per heavy atom. The van der Waals surface area contributed by atoms with Gasteiger partial charge in [-0.3, -0.25) is 9.48 Å². The molecule has 1 heterocycles. The molecule has 1 aromatic heterocycles. The van der Waals surface area contributed by atoms with Crippen LogP contribution in [0.1, 0.15) is 59.4 Å². The lowest BCUT2D eigenvalue weighted by Crippen LogP contribution is -2.07. The Labute approximate surface area is 194 Å². The molecule has 0 saturated heterocycles. The van der Waals surface area contributed by atoms with Crippen molar-refractivity contribution in [1.29, 1.82) is 0 Å². The maximum absolute atomic E-state index is 12.5. The number of aryl methyl sites for hydroxylation is 2. The van der Waals surface area contributed by atoms with E-state index in [0.29, 0.717) is 18.8 Å². The Kier molecular flexibility index (Phi) is 7.75. The molecule has 0 spiro atoms. The normalized spacial score (nSPS) is 11.3. The number of aromatic nitrogens is 2. The highest BCUT2D eigenvalue weighted by molar-refractivity contribution is 6.31. The molecule has 0 amide bonds. The molecular formula is C26H29ClN2O3. The summed E-state index contributed by atoms with van der Waals surface area (Å²) in [6.45, 7) is 9.13. The monoisotopic (exact) mass is 452 g/mol. The number of rotatable bonds is 9. The number of hydrogen-bond donors (Lipinski definition) is 0. The minimum Gasteiger partial charge on any atom is -0.496 e. The second-order valence-corrected chi connectivity index (χ2v) is 8.29. The number of allylic oxidation sites excluding steroid dienone is 1. The highest BCUT2D eigenvalue weighted by Gasteiger charge is 2.13. The van der Waals surface area contributed by atoms with Crippen LogP contribution in [-0.2, 0) is 13.2 Å². The smallest absolute Gasteiger partial charge is 0.203 e. The molecule has 0 aliphatic carbocycles. The molecule has 3 aromatic rings. The van der Waals surface area contributed by atoms with Crippen molar-refractivity contribution in [2.24, 2.45) is 0 Å². The SMILES string of the molecule is CCn1nccc1C(=O)/C=C/c1ccc(OC)c(COc2cc(C)c(Cl)cc2C(C)C)c1. The largest absolute Gasteiger partial charge is 0.496 e. The summed E-state index contributed by atoms with van der Waals surface area (Å²) in [4.78, 5) is 12.5. The summed E-state index contributed by atoms with van der Waals surface area (Å²) >= 11 is 6.32. The first-order valence-corrected chi connectivity index (χ1v) is 11.1. The zero-order valence-corrected chi connectivity index (χ0v) is 19.9. The van der Waals surface area contributed by atoms with Crippen LogP contribution in [0.5, 0.6) is 11.5 Å². The zero-order chi connectivity index (χ0) is 23.3. The molecule has 0 N–H and O–H groups in total. The zero-order valence-electron chi connectivity index (χ0n) is 19.2. The van der Waals surface area contributed by atoms with Crippen LogP contribution < -0.4 is 9.47 Å². The predicted molar refractivity (Wildman–Crippen MR) is 129 cm³/mol. The maximum atomic E-state index is 12.5. The molecule has 0 fully saturated rings. The minimum atomic E-state index is -0.0869. The van der Waals surface area contributed by atoms with Crippen LogP contribution in [0.15, 0.2) is 48.7 Å². The molecule has 5 nitrogen and oxygen atoms in total. The van der Waals surface area contributed by atoms with Gasteiger partial charge < -0.3 is 9.47 Å². The van der Waals surface area contributed by atoms with Crippen LogP contribution in [-0.4, -0.2) is 22.7 Å². The van der Waals surface area contributed by atoms with Gasteiger partial charge in [-0.1, -0.05) is 37.6 Å². The number of carbonyl (C=O) groups excluding carboxylic acids is 1. The molecule has 0 bridgehead atoms. The summed E-state index contributed by atoms with van der Waals surface area (Å²) in [6.07, 6.45) is 5.00. The fourth-order valence-electron chi connectivity index (χ4n) is 3.47. The molecule has 168 valence electrons. The van der Waals surface area contributed by atoms with E-state index in [1.54, 1.807) is 36.2 Å². The Morgan fingerprint density at radius 1 is 1.19 bits per heavy atom. The quantitative estimate of drug-likeness (QED) is 0.275. The molecule has 0 radical (unpaired) electrons. The third-order valence-corrected chi connectivity index (χ3v) is 5.70. The van der Waals surface area contributed by atoms with E-state index < -0.39 is 0 Å². The lowest BCUT2D eigenvalue weighted by molar-refractivity contribution is 0.103. The van der Waals surface area contributed by atoms with Gasteiger partial charge in [0.1, 0.15) is 23.8 Å². The Balaban J connectivity index is 1.82. The molecule has 6 heteroatoms. The average molecular weight is 453 g/mol. The van der Waals surface area contributed by atoms with Crippen LogP contribution in [0.2, 0.25) is 5.02 Å². The van der Waals surface area contributed by atoms with Gasteiger partial charge in [-0.15, -0.1) is 0 Å². The van der Waals surface area contributed by atoms with Gasteiger partial charge in [0, 0.05) is 23.3 Å². The molecule has 32 heavy (non-hydrogen) atoms. The molecule has 2 aromatic carbocycles. The summed E-state index contributed by atoms with van der Waals surface area (Å²) < 4.78 is 13.4. The van der Waals surface area contributed by atoms with E-state index in [-0.39, 0.29) is 11.7 Å². The minimum absolute atomic E-state index is 0.0869. The first kappa shape index (κ1) is 23.6. The van der Waals surface area contributed by atoms with E-state index in [4.69, 9.17) is 21.1 Å². The van der Waals surface area contributed by atoms with Gasteiger partial charge in [0.25, 0.3) is 0 Å². The summed E-state index contributed by atoms with van der Waals surface area (Å²) in [5.74, 6) is 1.74. The highest BCUT2D eigenvalue weighted by atomic mass is 35.5. The lowest BCUT2D eigenvalue weighted by atomic mass is 10.0. The van der Waals surface area contributed by atoms with Crippen molar-refractivity contribution in [2.75, 3.05) is 7.11 Å². The second-order valence-electron chi connectivity index (χ2n) is 7.88.